The minimum Gasteiger partial charge on any atom is -0.397 e. The van der Waals surface area contributed by atoms with E-state index in [0.29, 0.717) is 10.7 Å². The van der Waals surface area contributed by atoms with Crippen LogP contribution in [0.1, 0.15) is 0 Å². The number of hydrogen-bond acceptors (Lipinski definition) is 4. The second kappa shape index (κ2) is 6.66. The summed E-state index contributed by atoms with van der Waals surface area (Å²) in [5.74, 6) is -0.408. The quantitative estimate of drug-likeness (QED) is 0.563. The number of nitrogens with two attached hydrogens (primary N) is 1. The van der Waals surface area contributed by atoms with Crippen molar-refractivity contribution in [3.63, 3.8) is 0 Å². The van der Waals surface area contributed by atoms with Gasteiger partial charge in [-0.15, -0.1) is 0 Å². The molecule has 1 rings (SSSR count). The van der Waals surface area contributed by atoms with Crippen LogP contribution in [0.2, 0.25) is 10.0 Å². The lowest BCUT2D eigenvalue weighted by Gasteiger charge is -2.10. The van der Waals surface area contributed by atoms with Gasteiger partial charge in [-0.3, -0.25) is 4.79 Å². The van der Waals surface area contributed by atoms with Gasteiger partial charge in [0.05, 0.1) is 29.6 Å². The zero-order chi connectivity index (χ0) is 12.8. The molecular weight excluding hydrogens is 267 g/mol. The van der Waals surface area contributed by atoms with Crippen LogP contribution >= 0.6 is 23.2 Å². The highest BCUT2D eigenvalue weighted by Crippen LogP contribution is 2.31. The number of nitrogen functional groups attached to an aromatic ring is 1. The van der Waals surface area contributed by atoms with Crippen LogP contribution < -0.4 is 11.1 Å². The van der Waals surface area contributed by atoms with Crippen LogP contribution in [0.15, 0.2) is 12.1 Å². The van der Waals surface area contributed by atoms with Gasteiger partial charge >= 0.3 is 0 Å². The van der Waals surface area contributed by atoms with E-state index < -0.39 is 5.91 Å². The molecule has 0 radical (unpaired) electrons. The van der Waals surface area contributed by atoms with Gasteiger partial charge in [0.1, 0.15) is 6.61 Å². The molecule has 0 saturated carbocycles. The number of rotatable bonds is 5. The van der Waals surface area contributed by atoms with Crippen molar-refractivity contribution in [1.29, 1.82) is 0 Å². The highest BCUT2D eigenvalue weighted by molar-refractivity contribution is 6.37. The fraction of sp³-hybridized carbons (Fsp3) is 0.300. The molecule has 0 aliphatic rings. The number of benzene rings is 1. The van der Waals surface area contributed by atoms with Crippen LogP contribution in [-0.4, -0.2) is 30.8 Å². The van der Waals surface area contributed by atoms with Crippen molar-refractivity contribution in [2.75, 3.05) is 30.9 Å². The summed E-state index contributed by atoms with van der Waals surface area (Å²) in [6.07, 6.45) is 0. The fourth-order valence-corrected chi connectivity index (χ4v) is 1.69. The smallest absolute Gasteiger partial charge is 0.250 e. The SMILES string of the molecule is Nc1cc(Cl)cc(Cl)c1NC(=O)COCCO. The number of nitrogens with one attached hydrogen (secondary N) is 1. The van der Waals surface area contributed by atoms with Crippen LogP contribution in [0, 0.1) is 0 Å². The van der Waals surface area contributed by atoms with E-state index in [9.17, 15) is 4.79 Å². The predicted octanol–water partition coefficient (Wildman–Crippen LogP) is 1.52. The molecule has 17 heavy (non-hydrogen) atoms. The van der Waals surface area contributed by atoms with Gasteiger partial charge in [0.25, 0.3) is 0 Å². The molecular formula is C10H12Cl2N2O3. The molecule has 0 saturated heterocycles. The number of aliphatic hydroxyl groups excluding tert-OH is 1. The summed E-state index contributed by atoms with van der Waals surface area (Å²) in [7, 11) is 0. The molecule has 0 aliphatic carbocycles. The Morgan fingerprint density at radius 3 is 2.76 bits per heavy atom. The van der Waals surface area contributed by atoms with Gasteiger partial charge < -0.3 is 20.9 Å². The maximum atomic E-state index is 11.4. The molecule has 0 fully saturated rings. The average molecular weight is 279 g/mol. The lowest BCUT2D eigenvalue weighted by molar-refractivity contribution is -0.120. The Bertz CT molecular complexity index is 390. The number of carbonyl (C=O) groups excluding carboxylic acids is 1. The van der Waals surface area contributed by atoms with Gasteiger partial charge in [0.15, 0.2) is 0 Å². The number of ether oxygens (including phenoxy) is 1. The van der Waals surface area contributed by atoms with Gasteiger partial charge in [-0.05, 0) is 12.1 Å². The number of halogens is 2. The molecule has 0 spiro atoms. The molecule has 0 atom stereocenters. The van der Waals surface area contributed by atoms with Crippen molar-refractivity contribution in [2.24, 2.45) is 0 Å². The van der Waals surface area contributed by atoms with Crippen molar-refractivity contribution in [2.45, 2.75) is 0 Å². The largest absolute Gasteiger partial charge is 0.397 e. The fourth-order valence-electron chi connectivity index (χ4n) is 1.13. The number of hydrogen-bond donors (Lipinski definition) is 3. The highest BCUT2D eigenvalue weighted by atomic mass is 35.5. The lowest BCUT2D eigenvalue weighted by atomic mass is 10.2. The molecule has 1 aromatic carbocycles. The van der Waals surface area contributed by atoms with Crippen molar-refractivity contribution >= 4 is 40.5 Å². The van der Waals surface area contributed by atoms with Crippen LogP contribution in [0.25, 0.3) is 0 Å². The van der Waals surface area contributed by atoms with E-state index in [-0.39, 0.29) is 30.5 Å². The highest BCUT2D eigenvalue weighted by Gasteiger charge is 2.10. The van der Waals surface area contributed by atoms with E-state index in [1.165, 1.54) is 12.1 Å². The third-order valence-electron chi connectivity index (χ3n) is 1.82. The third kappa shape index (κ3) is 4.40. The van der Waals surface area contributed by atoms with Crippen LogP contribution in [0.3, 0.4) is 0 Å². The molecule has 4 N–H and O–H groups in total. The Balaban J connectivity index is 2.65. The topological polar surface area (TPSA) is 84.6 Å². The van der Waals surface area contributed by atoms with Crippen molar-refractivity contribution in [3.05, 3.63) is 22.2 Å². The van der Waals surface area contributed by atoms with Gasteiger partial charge in [-0.1, -0.05) is 23.2 Å². The molecule has 0 bridgehead atoms. The first-order valence-corrected chi connectivity index (χ1v) is 5.53. The van der Waals surface area contributed by atoms with Gasteiger partial charge in [0.2, 0.25) is 5.91 Å². The predicted molar refractivity (Wildman–Crippen MR) is 67.4 cm³/mol. The van der Waals surface area contributed by atoms with Crippen molar-refractivity contribution < 1.29 is 14.6 Å². The third-order valence-corrected chi connectivity index (χ3v) is 2.34. The van der Waals surface area contributed by atoms with Gasteiger partial charge in [-0.2, -0.15) is 0 Å². The molecule has 5 nitrogen and oxygen atoms in total. The second-order valence-corrected chi connectivity index (χ2v) is 4.02. The number of aliphatic hydroxyl groups is 1. The first-order chi connectivity index (χ1) is 8.04. The Kier molecular flexibility index (Phi) is 5.50. The van der Waals surface area contributed by atoms with E-state index in [4.69, 9.17) is 38.8 Å². The summed E-state index contributed by atoms with van der Waals surface area (Å²) in [6, 6.07) is 2.96. The zero-order valence-corrected chi connectivity index (χ0v) is 10.4. The van der Waals surface area contributed by atoms with Crippen molar-refractivity contribution in [3.8, 4) is 0 Å². The number of amides is 1. The van der Waals surface area contributed by atoms with Crippen LogP contribution in [-0.2, 0) is 9.53 Å². The summed E-state index contributed by atoms with van der Waals surface area (Å²) in [5.41, 5.74) is 6.24. The summed E-state index contributed by atoms with van der Waals surface area (Å²) in [6.45, 7) is -0.229. The molecule has 0 aromatic heterocycles. The van der Waals surface area contributed by atoms with E-state index in [1.807, 2.05) is 0 Å². The normalized spacial score (nSPS) is 10.3. The number of carbonyl (C=O) groups is 1. The first-order valence-electron chi connectivity index (χ1n) is 4.77. The summed E-state index contributed by atoms with van der Waals surface area (Å²) < 4.78 is 4.85. The zero-order valence-electron chi connectivity index (χ0n) is 8.87. The van der Waals surface area contributed by atoms with Crippen molar-refractivity contribution in [1.82, 2.24) is 0 Å². The second-order valence-electron chi connectivity index (χ2n) is 3.18. The standard InChI is InChI=1S/C10H12Cl2N2O3/c11-6-3-7(12)10(8(13)4-6)14-9(16)5-17-2-1-15/h3-4,15H,1-2,5,13H2,(H,14,16). The van der Waals surface area contributed by atoms with Gasteiger partial charge in [-0.25, -0.2) is 0 Å². The average Bonchev–Trinajstić information content (AvgIpc) is 2.24. The maximum absolute atomic E-state index is 11.4. The summed E-state index contributed by atoms with van der Waals surface area (Å²) in [5, 5.41) is 11.6. The van der Waals surface area contributed by atoms with E-state index in [1.54, 1.807) is 0 Å². The van der Waals surface area contributed by atoms with Crippen LogP contribution in [0.5, 0.6) is 0 Å². The minimum absolute atomic E-state index is 0.0945. The Hall–Kier alpha value is -1.01. The number of anilines is 2. The maximum Gasteiger partial charge on any atom is 0.250 e. The molecule has 94 valence electrons. The van der Waals surface area contributed by atoms with Crippen LogP contribution in [0.4, 0.5) is 11.4 Å². The first kappa shape index (κ1) is 14.1. The van der Waals surface area contributed by atoms with E-state index in [2.05, 4.69) is 5.32 Å². The molecule has 7 heteroatoms. The molecule has 1 aromatic rings. The Morgan fingerprint density at radius 2 is 2.18 bits per heavy atom. The van der Waals surface area contributed by atoms with Gasteiger partial charge in [0, 0.05) is 5.02 Å². The molecule has 0 heterocycles. The van der Waals surface area contributed by atoms with E-state index >= 15 is 0 Å². The Morgan fingerprint density at radius 1 is 1.47 bits per heavy atom. The molecule has 1 amide bonds. The summed E-state index contributed by atoms with van der Waals surface area (Å²) in [4.78, 5) is 11.4. The lowest BCUT2D eigenvalue weighted by Crippen LogP contribution is -2.20. The molecule has 0 aliphatic heterocycles. The molecule has 0 unspecified atom stereocenters. The summed E-state index contributed by atoms with van der Waals surface area (Å²) >= 11 is 11.6. The monoisotopic (exact) mass is 278 g/mol. The van der Waals surface area contributed by atoms with E-state index in [0.717, 1.165) is 0 Å². The minimum atomic E-state index is -0.408. The Labute approximate surface area is 108 Å².